The number of amides is 3. The van der Waals surface area contributed by atoms with Gasteiger partial charge in [-0.05, 0) is 62.8 Å². The van der Waals surface area contributed by atoms with E-state index in [9.17, 15) is 19.5 Å². The molecule has 3 amide bonds. The Morgan fingerprint density at radius 2 is 2.08 bits per heavy atom. The molecule has 0 unspecified atom stereocenters. The van der Waals surface area contributed by atoms with Crippen LogP contribution < -0.4 is 5.32 Å². The van der Waals surface area contributed by atoms with Gasteiger partial charge in [0.15, 0.2) is 0 Å². The summed E-state index contributed by atoms with van der Waals surface area (Å²) in [7, 11) is 2.06. The summed E-state index contributed by atoms with van der Waals surface area (Å²) in [6.07, 6.45) is 4.94. The first-order valence-electron chi connectivity index (χ1n) is 14.2. The van der Waals surface area contributed by atoms with Gasteiger partial charge in [-0.3, -0.25) is 24.0 Å². The largest absolute Gasteiger partial charge is 0.361 e. The molecule has 4 saturated heterocycles. The van der Waals surface area contributed by atoms with Crippen molar-refractivity contribution in [3.8, 4) is 0 Å². The summed E-state index contributed by atoms with van der Waals surface area (Å²) in [5.74, 6) is -3.40. The molecule has 0 spiro atoms. The van der Waals surface area contributed by atoms with E-state index in [1.807, 2.05) is 13.8 Å². The Bertz CT molecular complexity index is 1390. The lowest BCUT2D eigenvalue weighted by Gasteiger charge is -2.49. The molecule has 10 nitrogen and oxygen atoms in total. The maximum Gasteiger partial charge on any atom is 0.280 e. The van der Waals surface area contributed by atoms with Crippen molar-refractivity contribution >= 4 is 28.6 Å². The van der Waals surface area contributed by atoms with Crippen LogP contribution in [0.15, 0.2) is 24.4 Å². The van der Waals surface area contributed by atoms with Crippen LogP contribution in [-0.4, -0.2) is 92.4 Å². The zero-order valence-corrected chi connectivity index (χ0v) is 22.9. The maximum atomic E-state index is 13.9. The molecule has 208 valence electrons. The van der Waals surface area contributed by atoms with Crippen LogP contribution in [0.25, 0.3) is 10.9 Å². The number of ether oxygens (including phenoxy) is 1. The Hall–Kier alpha value is -2.95. The van der Waals surface area contributed by atoms with Gasteiger partial charge < -0.3 is 25.2 Å². The molecule has 0 radical (unpaired) electrons. The quantitative estimate of drug-likeness (QED) is 0.548. The van der Waals surface area contributed by atoms with E-state index in [-0.39, 0.29) is 29.6 Å². The molecule has 3 N–H and O–H groups in total. The molecule has 4 aliphatic heterocycles. The van der Waals surface area contributed by atoms with Crippen molar-refractivity contribution in [3.05, 3.63) is 35.5 Å². The van der Waals surface area contributed by atoms with Crippen LogP contribution in [0, 0.1) is 11.8 Å². The fourth-order valence-corrected chi connectivity index (χ4v) is 8.16. The molecule has 0 saturated carbocycles. The van der Waals surface area contributed by atoms with E-state index < -0.39 is 29.6 Å². The van der Waals surface area contributed by atoms with E-state index in [0.29, 0.717) is 32.0 Å². The number of piperidine rings is 1. The molecule has 1 aliphatic carbocycles. The zero-order chi connectivity index (χ0) is 27.4. The molecular weight excluding hydrogens is 498 g/mol. The monoisotopic (exact) mass is 535 g/mol. The second kappa shape index (κ2) is 8.28. The van der Waals surface area contributed by atoms with Crippen LogP contribution >= 0.6 is 0 Å². The number of hydrogen-bond donors (Lipinski definition) is 3. The van der Waals surface area contributed by atoms with Crippen molar-refractivity contribution in [1.82, 2.24) is 25.0 Å². The van der Waals surface area contributed by atoms with E-state index in [0.717, 1.165) is 18.4 Å². The summed E-state index contributed by atoms with van der Waals surface area (Å²) in [4.78, 5) is 49.6. The smallest absolute Gasteiger partial charge is 0.280 e. The zero-order valence-electron chi connectivity index (χ0n) is 22.9. The number of H-pyrrole nitrogens is 1. The van der Waals surface area contributed by atoms with Crippen LogP contribution in [0.2, 0.25) is 0 Å². The fraction of sp³-hybridized carbons (Fsp3) is 0.621. The third kappa shape index (κ3) is 3.34. The second-order valence-electron chi connectivity index (χ2n) is 12.7. The van der Waals surface area contributed by atoms with E-state index >= 15 is 0 Å². The van der Waals surface area contributed by atoms with Crippen molar-refractivity contribution in [2.75, 3.05) is 20.1 Å². The van der Waals surface area contributed by atoms with Crippen LogP contribution in [0.4, 0.5) is 0 Å². The number of likely N-dealkylation sites (N-methyl/N-ethyl adjacent to an activating group) is 1. The molecule has 7 rings (SSSR count). The van der Waals surface area contributed by atoms with Gasteiger partial charge in [-0.25, -0.2) is 0 Å². The van der Waals surface area contributed by atoms with Gasteiger partial charge >= 0.3 is 0 Å². The van der Waals surface area contributed by atoms with Gasteiger partial charge in [-0.2, -0.15) is 0 Å². The number of carbonyl (C=O) groups excluding carboxylic acids is 3. The van der Waals surface area contributed by atoms with Gasteiger partial charge in [0.05, 0.1) is 5.92 Å². The SMILES string of the molecule is CC(C)[C@H]1C(=O)N2CCC[C@H]2[C@]2(O)O[C@@](C)(NC(=O)[C@@H]3C[C@@H]4c5cccc6[nH]cc(c56)C[C@H]4N(C)C3)C(=O)N12. The molecule has 39 heavy (non-hydrogen) atoms. The minimum Gasteiger partial charge on any atom is -0.361 e. The summed E-state index contributed by atoms with van der Waals surface area (Å²) in [5.41, 5.74) is 1.92. The third-order valence-electron chi connectivity index (χ3n) is 9.92. The highest BCUT2D eigenvalue weighted by molar-refractivity contribution is 5.97. The minimum absolute atomic E-state index is 0.166. The molecule has 5 heterocycles. The van der Waals surface area contributed by atoms with Gasteiger partial charge in [0.1, 0.15) is 12.1 Å². The first-order chi connectivity index (χ1) is 18.5. The van der Waals surface area contributed by atoms with Gasteiger partial charge in [-0.15, -0.1) is 0 Å². The topological polar surface area (TPSA) is 118 Å². The minimum atomic E-state index is -1.98. The maximum absolute atomic E-state index is 13.9. The molecule has 1 aromatic carbocycles. The second-order valence-corrected chi connectivity index (χ2v) is 12.7. The normalized spacial score (nSPS) is 37.8. The molecule has 10 heteroatoms. The Morgan fingerprint density at radius 3 is 2.85 bits per heavy atom. The summed E-state index contributed by atoms with van der Waals surface area (Å²) >= 11 is 0. The average molecular weight is 536 g/mol. The number of rotatable bonds is 3. The average Bonchev–Trinajstić information content (AvgIpc) is 3.59. The number of benzene rings is 1. The van der Waals surface area contributed by atoms with Crippen molar-refractivity contribution in [1.29, 1.82) is 0 Å². The summed E-state index contributed by atoms with van der Waals surface area (Å²) < 4.78 is 6.16. The molecule has 4 fully saturated rings. The number of hydrogen-bond acceptors (Lipinski definition) is 6. The van der Waals surface area contributed by atoms with E-state index in [2.05, 4.69) is 46.6 Å². The Kier molecular flexibility index (Phi) is 5.32. The summed E-state index contributed by atoms with van der Waals surface area (Å²) in [6, 6.07) is 5.11. The van der Waals surface area contributed by atoms with Crippen LogP contribution in [0.3, 0.4) is 0 Å². The predicted octanol–water partition coefficient (Wildman–Crippen LogP) is 1.49. The summed E-state index contributed by atoms with van der Waals surface area (Å²) in [5, 5.41) is 16.0. The molecule has 0 bridgehead atoms. The lowest BCUT2D eigenvalue weighted by Crippen LogP contribution is -2.72. The highest BCUT2D eigenvalue weighted by atomic mass is 16.7. The van der Waals surface area contributed by atoms with Gasteiger partial charge in [0, 0.05) is 42.1 Å². The van der Waals surface area contributed by atoms with Crippen LogP contribution in [-0.2, 0) is 25.5 Å². The first-order valence-corrected chi connectivity index (χ1v) is 14.2. The molecular formula is C29H37N5O5. The number of nitrogens with zero attached hydrogens (tertiary/aromatic N) is 3. The van der Waals surface area contributed by atoms with Gasteiger partial charge in [0.25, 0.3) is 11.8 Å². The molecule has 1 aromatic heterocycles. The standard InChI is InChI=1S/C29H37N5O5/c1-15(2)24-26(36)33-10-6-9-22(33)29(38)34(24)27(37)28(3,39-29)31-25(35)17-11-19-18-7-5-8-20-23(18)16(13-30-20)12-21(19)32(4)14-17/h5,7-8,13,15,17,19,21-22,24,30,38H,6,9-12,14H2,1-4H3,(H,31,35)/t17-,19-,21-,22+,24+,28-,29+/m1/s1. The highest BCUT2D eigenvalue weighted by Crippen LogP contribution is 2.47. The van der Waals surface area contributed by atoms with Crippen molar-refractivity contribution < 1.29 is 24.2 Å². The number of aliphatic hydroxyl groups is 1. The number of piperazine rings is 1. The molecule has 5 aliphatic rings. The Balaban J connectivity index is 1.17. The third-order valence-corrected chi connectivity index (χ3v) is 9.92. The van der Waals surface area contributed by atoms with Gasteiger partial charge in [0.2, 0.25) is 17.5 Å². The number of fused-ring (bicyclic) bond motifs is 5. The lowest BCUT2D eigenvalue weighted by atomic mass is 9.72. The predicted molar refractivity (Wildman–Crippen MR) is 142 cm³/mol. The van der Waals surface area contributed by atoms with Crippen LogP contribution in [0.5, 0.6) is 0 Å². The molecule has 7 atom stereocenters. The van der Waals surface area contributed by atoms with Crippen molar-refractivity contribution in [3.63, 3.8) is 0 Å². The van der Waals surface area contributed by atoms with Gasteiger partial charge in [-0.1, -0.05) is 26.0 Å². The van der Waals surface area contributed by atoms with E-state index in [1.165, 1.54) is 28.3 Å². The lowest BCUT2D eigenvalue weighted by molar-refractivity contribution is -0.317. The number of carbonyl (C=O) groups is 3. The Morgan fingerprint density at radius 1 is 1.28 bits per heavy atom. The molecule has 2 aromatic rings. The highest BCUT2D eigenvalue weighted by Gasteiger charge is 2.70. The Labute approximate surface area is 227 Å². The number of nitrogens with one attached hydrogen (secondary N) is 2. The number of likely N-dealkylation sites (tertiary alicyclic amines) is 1. The van der Waals surface area contributed by atoms with E-state index in [1.54, 1.807) is 4.90 Å². The van der Waals surface area contributed by atoms with E-state index in [4.69, 9.17) is 4.74 Å². The van der Waals surface area contributed by atoms with Crippen molar-refractivity contribution in [2.24, 2.45) is 11.8 Å². The first kappa shape index (κ1) is 25.0. The number of aromatic amines is 1. The number of aromatic nitrogens is 1. The fourth-order valence-electron chi connectivity index (χ4n) is 8.16. The van der Waals surface area contributed by atoms with Crippen molar-refractivity contribution in [2.45, 2.75) is 82.1 Å². The summed E-state index contributed by atoms with van der Waals surface area (Å²) in [6.45, 7) is 6.31. The van der Waals surface area contributed by atoms with Crippen LogP contribution in [0.1, 0.15) is 57.1 Å².